The van der Waals surface area contributed by atoms with Crippen LogP contribution in [0.4, 0.5) is 5.69 Å². The van der Waals surface area contributed by atoms with Gasteiger partial charge in [0, 0.05) is 17.2 Å². The highest BCUT2D eigenvalue weighted by Crippen LogP contribution is 2.38. The third kappa shape index (κ3) is 1.87. The summed E-state index contributed by atoms with van der Waals surface area (Å²) in [5.41, 5.74) is 6.75. The number of benzene rings is 1. The van der Waals surface area contributed by atoms with Gasteiger partial charge in [-0.1, -0.05) is 11.2 Å². The molecule has 1 aliphatic rings. The van der Waals surface area contributed by atoms with Crippen LogP contribution in [0, 0.1) is 17.0 Å². The molecule has 0 atom stereocenters. The largest absolute Gasteiger partial charge is 0.334 e. The minimum Gasteiger partial charge on any atom is -0.334 e. The number of rotatable bonds is 3. The number of nitrogens with zero attached hydrogens (tertiary/aromatic N) is 3. The topological polar surface area (TPSA) is 108 Å². The second-order valence-corrected chi connectivity index (χ2v) is 5.14. The smallest absolute Gasteiger partial charge is 0.273 e. The molecule has 0 saturated heterocycles. The normalized spacial score (nSPS) is 16.7. The summed E-state index contributed by atoms with van der Waals surface area (Å²) in [5, 5.41) is 14.9. The minimum atomic E-state index is -0.504. The van der Waals surface area contributed by atoms with Gasteiger partial charge >= 0.3 is 0 Å². The standard InChI is InChI=1S/C13H14N4O3/c1-8-9(4-2-5-10(8)17(18)19)11-15-12(16-20-11)13(14)6-3-7-13/h2,4-5H,3,6-7,14H2,1H3. The van der Waals surface area contributed by atoms with Crippen LogP contribution in [0.1, 0.15) is 30.7 Å². The van der Waals surface area contributed by atoms with Crippen LogP contribution >= 0.6 is 0 Å². The number of aromatic nitrogens is 2. The number of hydrogen-bond donors (Lipinski definition) is 1. The third-order valence-corrected chi connectivity index (χ3v) is 3.85. The van der Waals surface area contributed by atoms with Gasteiger partial charge in [0.25, 0.3) is 11.6 Å². The van der Waals surface area contributed by atoms with Gasteiger partial charge in [0.15, 0.2) is 5.82 Å². The van der Waals surface area contributed by atoms with Crippen molar-refractivity contribution in [3.05, 3.63) is 39.7 Å². The van der Waals surface area contributed by atoms with E-state index in [1.807, 2.05) is 0 Å². The van der Waals surface area contributed by atoms with E-state index < -0.39 is 10.5 Å². The number of nitro benzene ring substituents is 1. The van der Waals surface area contributed by atoms with Gasteiger partial charge in [-0.2, -0.15) is 4.98 Å². The van der Waals surface area contributed by atoms with Crippen LogP contribution < -0.4 is 5.73 Å². The molecule has 7 heteroatoms. The second kappa shape index (κ2) is 4.38. The maximum absolute atomic E-state index is 10.9. The summed E-state index contributed by atoms with van der Waals surface area (Å²) in [6, 6.07) is 4.78. The molecule has 1 aromatic carbocycles. The Labute approximate surface area is 114 Å². The average molecular weight is 274 g/mol. The molecule has 0 aliphatic heterocycles. The van der Waals surface area contributed by atoms with E-state index in [0.29, 0.717) is 17.0 Å². The first-order valence-electron chi connectivity index (χ1n) is 6.39. The highest BCUT2D eigenvalue weighted by molar-refractivity contribution is 5.64. The predicted molar refractivity (Wildman–Crippen MR) is 70.8 cm³/mol. The van der Waals surface area contributed by atoms with Crippen molar-refractivity contribution in [2.24, 2.45) is 5.73 Å². The Kier molecular flexibility index (Phi) is 2.79. The molecule has 1 aromatic heterocycles. The lowest BCUT2D eigenvalue weighted by atomic mass is 9.77. The number of nitrogens with two attached hydrogens (primary N) is 1. The van der Waals surface area contributed by atoms with Gasteiger partial charge < -0.3 is 10.3 Å². The van der Waals surface area contributed by atoms with Crippen LogP contribution in [0.5, 0.6) is 0 Å². The molecule has 0 radical (unpaired) electrons. The van der Waals surface area contributed by atoms with Gasteiger partial charge in [-0.3, -0.25) is 10.1 Å². The van der Waals surface area contributed by atoms with Crippen molar-refractivity contribution in [3.8, 4) is 11.5 Å². The molecule has 1 fully saturated rings. The Bertz CT molecular complexity index is 676. The number of hydrogen-bond acceptors (Lipinski definition) is 6. The summed E-state index contributed by atoms with van der Waals surface area (Å²) in [6.45, 7) is 1.67. The van der Waals surface area contributed by atoms with Crippen molar-refractivity contribution in [1.29, 1.82) is 0 Å². The zero-order valence-corrected chi connectivity index (χ0v) is 11.0. The minimum absolute atomic E-state index is 0.0355. The Hall–Kier alpha value is -2.28. The molecule has 2 aromatic rings. The van der Waals surface area contributed by atoms with Crippen molar-refractivity contribution in [1.82, 2.24) is 10.1 Å². The van der Waals surface area contributed by atoms with Gasteiger partial charge in [0.2, 0.25) is 0 Å². The van der Waals surface area contributed by atoms with Gasteiger partial charge in [0.05, 0.1) is 10.5 Å². The summed E-state index contributed by atoms with van der Waals surface area (Å²) in [6.07, 6.45) is 2.72. The summed E-state index contributed by atoms with van der Waals surface area (Å²) in [7, 11) is 0. The Morgan fingerprint density at radius 1 is 1.45 bits per heavy atom. The van der Waals surface area contributed by atoms with Gasteiger partial charge in [-0.15, -0.1) is 0 Å². The highest BCUT2D eigenvalue weighted by Gasteiger charge is 2.39. The van der Waals surface area contributed by atoms with Crippen LogP contribution in [0.15, 0.2) is 22.7 Å². The fourth-order valence-electron chi connectivity index (χ4n) is 2.37. The molecular weight excluding hydrogens is 260 g/mol. The SMILES string of the molecule is Cc1c(-c2nc(C3(N)CCC3)no2)cccc1[N+](=O)[O-]. The fraction of sp³-hybridized carbons (Fsp3) is 0.385. The molecule has 0 unspecified atom stereocenters. The lowest BCUT2D eigenvalue weighted by Crippen LogP contribution is -2.44. The first-order valence-corrected chi connectivity index (χ1v) is 6.39. The highest BCUT2D eigenvalue weighted by atomic mass is 16.6. The molecule has 1 saturated carbocycles. The fourth-order valence-corrected chi connectivity index (χ4v) is 2.37. The summed E-state index contributed by atoms with van der Waals surface area (Å²) in [5.74, 6) is 0.752. The van der Waals surface area contributed by atoms with Crippen LogP contribution in [-0.2, 0) is 5.54 Å². The second-order valence-electron chi connectivity index (χ2n) is 5.14. The first-order chi connectivity index (χ1) is 9.51. The molecule has 0 amide bonds. The zero-order chi connectivity index (χ0) is 14.3. The van der Waals surface area contributed by atoms with Gasteiger partial charge in [-0.25, -0.2) is 0 Å². The predicted octanol–water partition coefficient (Wildman–Crippen LogP) is 2.29. The van der Waals surface area contributed by atoms with E-state index in [9.17, 15) is 10.1 Å². The summed E-state index contributed by atoms with van der Waals surface area (Å²) < 4.78 is 5.22. The molecule has 104 valence electrons. The van der Waals surface area contributed by atoms with Crippen LogP contribution in [0.2, 0.25) is 0 Å². The molecule has 7 nitrogen and oxygen atoms in total. The quantitative estimate of drug-likeness (QED) is 0.679. The van der Waals surface area contributed by atoms with Crippen molar-refractivity contribution >= 4 is 5.69 Å². The lowest BCUT2D eigenvalue weighted by molar-refractivity contribution is -0.385. The van der Waals surface area contributed by atoms with Gasteiger partial charge in [-0.05, 0) is 32.3 Å². The van der Waals surface area contributed by atoms with Crippen LogP contribution in [-0.4, -0.2) is 15.1 Å². The number of nitro groups is 1. The average Bonchev–Trinajstić information content (AvgIpc) is 2.85. The van der Waals surface area contributed by atoms with Crippen molar-refractivity contribution in [3.63, 3.8) is 0 Å². The molecule has 3 rings (SSSR count). The van der Waals surface area contributed by atoms with Crippen molar-refractivity contribution in [2.75, 3.05) is 0 Å². The summed E-state index contributed by atoms with van der Waals surface area (Å²) >= 11 is 0. The van der Waals surface area contributed by atoms with Crippen molar-refractivity contribution in [2.45, 2.75) is 31.7 Å². The van der Waals surface area contributed by atoms with Crippen LogP contribution in [0.25, 0.3) is 11.5 Å². The van der Waals surface area contributed by atoms with E-state index in [0.717, 1.165) is 19.3 Å². The van der Waals surface area contributed by atoms with Crippen molar-refractivity contribution < 1.29 is 9.45 Å². The maximum atomic E-state index is 10.9. The third-order valence-electron chi connectivity index (χ3n) is 3.85. The molecule has 2 N–H and O–H groups in total. The molecule has 20 heavy (non-hydrogen) atoms. The van der Waals surface area contributed by atoms with E-state index in [2.05, 4.69) is 10.1 Å². The monoisotopic (exact) mass is 274 g/mol. The zero-order valence-electron chi connectivity index (χ0n) is 11.0. The van der Waals surface area contributed by atoms with Gasteiger partial charge in [0.1, 0.15) is 0 Å². The van der Waals surface area contributed by atoms with E-state index in [1.165, 1.54) is 6.07 Å². The summed E-state index contributed by atoms with van der Waals surface area (Å²) in [4.78, 5) is 14.8. The van der Waals surface area contributed by atoms with E-state index in [-0.39, 0.29) is 11.6 Å². The van der Waals surface area contributed by atoms with E-state index in [4.69, 9.17) is 10.3 Å². The molecule has 1 aliphatic carbocycles. The molecule has 0 bridgehead atoms. The van der Waals surface area contributed by atoms with Crippen LogP contribution in [0.3, 0.4) is 0 Å². The molecule has 0 spiro atoms. The molecular formula is C13H14N4O3. The Morgan fingerprint density at radius 3 is 2.80 bits per heavy atom. The molecule has 1 heterocycles. The lowest BCUT2D eigenvalue weighted by Gasteiger charge is -2.34. The van der Waals surface area contributed by atoms with E-state index >= 15 is 0 Å². The Balaban J connectivity index is 2.02. The first kappa shape index (κ1) is 12.7. The maximum Gasteiger partial charge on any atom is 0.273 e. The van der Waals surface area contributed by atoms with E-state index in [1.54, 1.807) is 19.1 Å². The Morgan fingerprint density at radius 2 is 2.20 bits per heavy atom.